The third-order valence-corrected chi connectivity index (χ3v) is 9.83. The smallest absolute Gasteiger partial charge is 0.160 e. The van der Waals surface area contributed by atoms with Gasteiger partial charge in [-0.3, -0.25) is 0 Å². The molecule has 0 saturated heterocycles. The van der Waals surface area contributed by atoms with Crippen molar-refractivity contribution in [2.75, 3.05) is 0 Å². The van der Waals surface area contributed by atoms with Crippen LogP contribution in [0.1, 0.15) is 0 Å². The maximum absolute atomic E-state index is 5.02. The molecule has 0 aliphatic rings. The second kappa shape index (κ2) is 11.0. The van der Waals surface area contributed by atoms with Crippen LogP contribution in [-0.4, -0.2) is 14.5 Å². The lowest BCUT2D eigenvalue weighted by molar-refractivity contribution is 1.18. The molecule has 0 N–H and O–H groups in total. The van der Waals surface area contributed by atoms with Gasteiger partial charge in [-0.1, -0.05) is 133 Å². The van der Waals surface area contributed by atoms with Crippen LogP contribution in [0.25, 0.3) is 81.9 Å². The molecule has 3 nitrogen and oxygen atoms in total. The molecule has 3 heterocycles. The molecular formula is C42H27N3S. The molecular weight excluding hydrogens is 579 g/mol. The van der Waals surface area contributed by atoms with E-state index in [1.54, 1.807) is 0 Å². The lowest BCUT2D eigenvalue weighted by atomic mass is 10.0. The van der Waals surface area contributed by atoms with Crippen molar-refractivity contribution in [3.05, 3.63) is 164 Å². The Labute approximate surface area is 270 Å². The van der Waals surface area contributed by atoms with E-state index in [0.29, 0.717) is 5.82 Å². The van der Waals surface area contributed by atoms with Crippen LogP contribution >= 0.6 is 11.3 Å². The first-order valence-corrected chi connectivity index (χ1v) is 16.2. The van der Waals surface area contributed by atoms with Crippen molar-refractivity contribution in [1.29, 1.82) is 0 Å². The molecule has 0 aliphatic heterocycles. The van der Waals surface area contributed by atoms with Crippen LogP contribution in [0, 0.1) is 0 Å². The zero-order valence-electron chi connectivity index (χ0n) is 24.8. The van der Waals surface area contributed by atoms with Gasteiger partial charge in [-0.2, -0.15) is 0 Å². The summed E-state index contributed by atoms with van der Waals surface area (Å²) in [5.74, 6) is 0.715. The summed E-state index contributed by atoms with van der Waals surface area (Å²) in [5.41, 5.74) is 10.9. The first-order chi connectivity index (χ1) is 22.8. The van der Waals surface area contributed by atoms with Gasteiger partial charge in [-0.25, -0.2) is 9.97 Å². The lowest BCUT2D eigenvalue weighted by Gasteiger charge is -2.11. The van der Waals surface area contributed by atoms with Gasteiger partial charge in [0, 0.05) is 37.9 Å². The predicted octanol–water partition coefficient (Wildman–Crippen LogP) is 11.5. The number of para-hydroxylation sites is 1. The average Bonchev–Trinajstić information content (AvgIpc) is 3.67. The molecule has 4 heteroatoms. The van der Waals surface area contributed by atoms with Crippen LogP contribution in [0.5, 0.6) is 0 Å². The van der Waals surface area contributed by atoms with Crippen molar-refractivity contribution >= 4 is 42.5 Å². The standard InChI is InChI=1S/C42H27N3S/c1-4-12-29(13-5-1)36-27-37(30-14-6-2-7-15-30)44-42(43-36)31-22-20-28(21-23-31)32-24-25-34-38(26-32)45(33-16-8-3-9-17-33)40-35-18-10-11-19-39(35)46-41(34)40/h1-27H. The zero-order chi connectivity index (χ0) is 30.5. The number of benzene rings is 6. The Morgan fingerprint density at radius 3 is 1.67 bits per heavy atom. The first-order valence-electron chi connectivity index (χ1n) is 15.4. The quantitative estimate of drug-likeness (QED) is 0.195. The van der Waals surface area contributed by atoms with E-state index < -0.39 is 0 Å². The van der Waals surface area contributed by atoms with Gasteiger partial charge in [-0.05, 0) is 41.5 Å². The van der Waals surface area contributed by atoms with E-state index in [-0.39, 0.29) is 0 Å². The van der Waals surface area contributed by atoms with Crippen molar-refractivity contribution in [3.8, 4) is 50.7 Å². The molecule has 0 saturated carbocycles. The molecule has 6 aromatic carbocycles. The van der Waals surface area contributed by atoms with Crippen LogP contribution in [0.2, 0.25) is 0 Å². The third-order valence-electron chi connectivity index (χ3n) is 8.63. The van der Waals surface area contributed by atoms with Gasteiger partial charge in [0.15, 0.2) is 5.82 Å². The lowest BCUT2D eigenvalue weighted by Crippen LogP contribution is -1.96. The number of fused-ring (bicyclic) bond motifs is 5. The molecule has 9 rings (SSSR count). The zero-order valence-corrected chi connectivity index (χ0v) is 25.7. The van der Waals surface area contributed by atoms with Crippen molar-refractivity contribution in [3.63, 3.8) is 0 Å². The minimum absolute atomic E-state index is 0.715. The Hall–Kier alpha value is -5.84. The largest absolute Gasteiger partial charge is 0.308 e. The molecule has 0 aliphatic carbocycles. The van der Waals surface area contributed by atoms with Gasteiger partial charge in [-0.15, -0.1) is 11.3 Å². The second-order valence-corrected chi connectivity index (χ2v) is 12.5. The molecule has 46 heavy (non-hydrogen) atoms. The second-order valence-electron chi connectivity index (χ2n) is 11.5. The molecule has 216 valence electrons. The van der Waals surface area contributed by atoms with E-state index in [2.05, 4.69) is 132 Å². The fourth-order valence-electron chi connectivity index (χ4n) is 6.39. The Morgan fingerprint density at radius 2 is 1.00 bits per heavy atom. The van der Waals surface area contributed by atoms with E-state index >= 15 is 0 Å². The number of aromatic nitrogens is 3. The summed E-state index contributed by atoms with van der Waals surface area (Å²) in [6.07, 6.45) is 0. The topological polar surface area (TPSA) is 30.7 Å². The van der Waals surface area contributed by atoms with Crippen LogP contribution in [0.4, 0.5) is 0 Å². The number of hydrogen-bond acceptors (Lipinski definition) is 3. The molecule has 3 aromatic heterocycles. The maximum Gasteiger partial charge on any atom is 0.160 e. The molecule has 0 radical (unpaired) electrons. The van der Waals surface area contributed by atoms with Gasteiger partial charge >= 0.3 is 0 Å². The highest BCUT2D eigenvalue weighted by molar-refractivity contribution is 7.26. The van der Waals surface area contributed by atoms with E-state index in [4.69, 9.17) is 9.97 Å². The van der Waals surface area contributed by atoms with Crippen molar-refractivity contribution < 1.29 is 0 Å². The van der Waals surface area contributed by atoms with Crippen LogP contribution in [0.3, 0.4) is 0 Å². The molecule has 0 amide bonds. The Morgan fingerprint density at radius 1 is 0.435 bits per heavy atom. The number of hydrogen-bond donors (Lipinski definition) is 0. The number of rotatable bonds is 5. The fraction of sp³-hybridized carbons (Fsp3) is 0. The van der Waals surface area contributed by atoms with Crippen LogP contribution in [0.15, 0.2) is 164 Å². The molecule has 0 fully saturated rings. The molecule has 0 unspecified atom stereocenters. The summed E-state index contributed by atoms with van der Waals surface area (Å²) in [4.78, 5) is 10.0. The van der Waals surface area contributed by atoms with Gasteiger partial charge in [0.2, 0.25) is 0 Å². The SMILES string of the molecule is c1ccc(-c2cc(-c3ccccc3)nc(-c3ccc(-c4ccc5c6sc7ccccc7c6n(-c6ccccc6)c5c4)cc3)n2)cc1. The summed E-state index contributed by atoms with van der Waals surface area (Å²) in [6, 6.07) is 57.6. The maximum atomic E-state index is 5.02. The summed E-state index contributed by atoms with van der Waals surface area (Å²) in [6.45, 7) is 0. The van der Waals surface area contributed by atoms with Crippen LogP contribution in [-0.2, 0) is 0 Å². The summed E-state index contributed by atoms with van der Waals surface area (Å²) in [5, 5.41) is 2.57. The molecule has 0 bridgehead atoms. The van der Waals surface area contributed by atoms with E-state index in [1.165, 1.54) is 42.5 Å². The van der Waals surface area contributed by atoms with Crippen molar-refractivity contribution in [1.82, 2.24) is 14.5 Å². The van der Waals surface area contributed by atoms with Gasteiger partial charge in [0.05, 0.1) is 27.1 Å². The fourth-order valence-corrected chi connectivity index (χ4v) is 7.61. The summed E-state index contributed by atoms with van der Waals surface area (Å²) >= 11 is 1.87. The molecule has 0 spiro atoms. The molecule has 9 aromatic rings. The monoisotopic (exact) mass is 605 g/mol. The minimum Gasteiger partial charge on any atom is -0.308 e. The normalized spacial score (nSPS) is 11.5. The highest BCUT2D eigenvalue weighted by Crippen LogP contribution is 2.43. The molecule has 0 atom stereocenters. The predicted molar refractivity (Wildman–Crippen MR) is 193 cm³/mol. The van der Waals surface area contributed by atoms with Crippen LogP contribution < -0.4 is 0 Å². The Kier molecular flexibility index (Phi) is 6.32. The number of thiophene rings is 1. The van der Waals surface area contributed by atoms with Crippen molar-refractivity contribution in [2.45, 2.75) is 0 Å². The highest BCUT2D eigenvalue weighted by atomic mass is 32.1. The van der Waals surface area contributed by atoms with Crippen molar-refractivity contribution in [2.24, 2.45) is 0 Å². The van der Waals surface area contributed by atoms with Gasteiger partial charge in [0.1, 0.15) is 0 Å². The highest BCUT2D eigenvalue weighted by Gasteiger charge is 2.18. The summed E-state index contributed by atoms with van der Waals surface area (Å²) < 4.78 is 5.06. The average molecular weight is 606 g/mol. The summed E-state index contributed by atoms with van der Waals surface area (Å²) in [7, 11) is 0. The Bertz CT molecular complexity index is 2440. The van der Waals surface area contributed by atoms with E-state index in [0.717, 1.165) is 33.6 Å². The van der Waals surface area contributed by atoms with Gasteiger partial charge in [0.25, 0.3) is 0 Å². The third kappa shape index (κ3) is 4.50. The first kappa shape index (κ1) is 26.6. The van der Waals surface area contributed by atoms with E-state index in [1.807, 2.05) is 47.7 Å². The number of nitrogens with zero attached hydrogens (tertiary/aromatic N) is 3. The van der Waals surface area contributed by atoms with Gasteiger partial charge < -0.3 is 4.57 Å². The Balaban J connectivity index is 1.16. The van der Waals surface area contributed by atoms with E-state index in [9.17, 15) is 0 Å². The minimum atomic E-state index is 0.715.